The highest BCUT2D eigenvalue weighted by Gasteiger charge is 2.32. The van der Waals surface area contributed by atoms with Crippen molar-refractivity contribution in [3.8, 4) is 0 Å². The molecule has 0 aromatic heterocycles. The Balaban J connectivity index is 2.06. The van der Waals surface area contributed by atoms with Crippen LogP contribution >= 0.6 is 0 Å². The van der Waals surface area contributed by atoms with Gasteiger partial charge in [0.15, 0.2) is 5.90 Å². The summed E-state index contributed by atoms with van der Waals surface area (Å²) < 4.78 is 10.6. The van der Waals surface area contributed by atoms with E-state index in [9.17, 15) is 0 Å². The van der Waals surface area contributed by atoms with Gasteiger partial charge < -0.3 is 9.47 Å². The summed E-state index contributed by atoms with van der Waals surface area (Å²) in [5, 5.41) is 0. The van der Waals surface area contributed by atoms with Gasteiger partial charge in [-0.3, -0.25) is 0 Å². The lowest BCUT2D eigenvalue weighted by Crippen LogP contribution is -2.30. The molecule has 0 amide bonds. The van der Waals surface area contributed by atoms with Gasteiger partial charge in [-0.1, -0.05) is 0 Å². The lowest BCUT2D eigenvalue weighted by atomic mass is 10.1. The number of fused-ring (bicyclic) bond motifs is 1. The first-order valence-electron chi connectivity index (χ1n) is 3.69. The smallest absolute Gasteiger partial charge is 0.224 e. The molecule has 2 unspecified atom stereocenters. The van der Waals surface area contributed by atoms with Crippen molar-refractivity contribution in [2.75, 3.05) is 6.61 Å². The van der Waals surface area contributed by atoms with E-state index in [0.29, 0.717) is 0 Å². The van der Waals surface area contributed by atoms with E-state index in [2.05, 4.69) is 4.99 Å². The average Bonchev–Trinajstić information content (AvgIpc) is 2.27. The van der Waals surface area contributed by atoms with Gasteiger partial charge in [-0.2, -0.15) is 0 Å². The van der Waals surface area contributed by atoms with Gasteiger partial charge in [-0.25, -0.2) is 4.99 Å². The normalized spacial score (nSPS) is 38.3. The molecule has 0 saturated carbocycles. The first-order valence-corrected chi connectivity index (χ1v) is 3.69. The molecule has 0 spiro atoms. The molecule has 3 nitrogen and oxygen atoms in total. The van der Waals surface area contributed by atoms with E-state index in [1.54, 1.807) is 0 Å². The summed E-state index contributed by atoms with van der Waals surface area (Å²) in [5.41, 5.74) is 0. The molecule has 1 fully saturated rings. The van der Waals surface area contributed by atoms with Crippen LogP contribution in [0.2, 0.25) is 0 Å². The van der Waals surface area contributed by atoms with Gasteiger partial charge in [0, 0.05) is 6.92 Å². The van der Waals surface area contributed by atoms with E-state index in [4.69, 9.17) is 9.47 Å². The second kappa shape index (κ2) is 2.23. The molecule has 56 valence electrons. The number of aliphatic imine (C=N–C) groups is 1. The number of rotatable bonds is 0. The fourth-order valence-electron chi connectivity index (χ4n) is 1.41. The fraction of sp³-hybridized carbons (Fsp3) is 0.857. The summed E-state index contributed by atoms with van der Waals surface area (Å²) in [7, 11) is 0. The van der Waals surface area contributed by atoms with Crippen LogP contribution in [-0.2, 0) is 9.47 Å². The molecule has 3 heteroatoms. The SMILES string of the molecule is CC1=NC2CCCOC2O1. The third-order valence-corrected chi connectivity index (χ3v) is 1.87. The van der Waals surface area contributed by atoms with E-state index < -0.39 is 0 Å². The molecule has 0 aromatic carbocycles. The van der Waals surface area contributed by atoms with Gasteiger partial charge in [0.05, 0.1) is 6.61 Å². The lowest BCUT2D eigenvalue weighted by molar-refractivity contribution is -0.110. The van der Waals surface area contributed by atoms with Crippen molar-refractivity contribution in [1.82, 2.24) is 0 Å². The summed E-state index contributed by atoms with van der Waals surface area (Å²) in [4.78, 5) is 4.28. The molecule has 2 rings (SSSR count). The minimum absolute atomic E-state index is 0.0613. The number of ether oxygens (including phenoxy) is 2. The second-order valence-electron chi connectivity index (χ2n) is 2.71. The van der Waals surface area contributed by atoms with Gasteiger partial charge in [0.2, 0.25) is 6.29 Å². The third-order valence-electron chi connectivity index (χ3n) is 1.87. The monoisotopic (exact) mass is 141 g/mol. The van der Waals surface area contributed by atoms with Crippen LogP contribution in [0.15, 0.2) is 4.99 Å². The van der Waals surface area contributed by atoms with Crippen LogP contribution in [0.5, 0.6) is 0 Å². The maximum absolute atomic E-state index is 5.34. The summed E-state index contributed by atoms with van der Waals surface area (Å²) in [6.45, 7) is 2.70. The lowest BCUT2D eigenvalue weighted by Gasteiger charge is -2.22. The summed E-state index contributed by atoms with van der Waals surface area (Å²) >= 11 is 0. The highest BCUT2D eigenvalue weighted by Crippen LogP contribution is 2.23. The highest BCUT2D eigenvalue weighted by molar-refractivity contribution is 5.75. The number of nitrogens with zero attached hydrogens (tertiary/aromatic N) is 1. The minimum Gasteiger partial charge on any atom is -0.450 e. The van der Waals surface area contributed by atoms with Crippen molar-refractivity contribution < 1.29 is 9.47 Å². The number of hydrogen-bond donors (Lipinski definition) is 0. The molecule has 1 saturated heterocycles. The van der Waals surface area contributed by atoms with Crippen LogP contribution in [0.3, 0.4) is 0 Å². The second-order valence-corrected chi connectivity index (χ2v) is 2.71. The summed E-state index contributed by atoms with van der Waals surface area (Å²) in [5.74, 6) is 0.775. The predicted octanol–water partition coefficient (Wildman–Crippen LogP) is 0.940. The molecular formula is C7H11NO2. The minimum atomic E-state index is -0.0613. The van der Waals surface area contributed by atoms with Crippen molar-refractivity contribution in [3.63, 3.8) is 0 Å². The molecule has 0 radical (unpaired) electrons. The van der Waals surface area contributed by atoms with Crippen molar-refractivity contribution in [1.29, 1.82) is 0 Å². The highest BCUT2D eigenvalue weighted by atomic mass is 16.7. The Kier molecular flexibility index (Phi) is 1.38. The molecule has 0 N–H and O–H groups in total. The van der Waals surface area contributed by atoms with Crippen LogP contribution in [0.1, 0.15) is 19.8 Å². The zero-order valence-corrected chi connectivity index (χ0v) is 6.04. The molecule has 2 heterocycles. The zero-order chi connectivity index (χ0) is 6.97. The predicted molar refractivity (Wildman–Crippen MR) is 37.0 cm³/mol. The van der Waals surface area contributed by atoms with Crippen LogP contribution < -0.4 is 0 Å². The van der Waals surface area contributed by atoms with Crippen molar-refractivity contribution in [2.24, 2.45) is 4.99 Å². The standard InChI is InChI=1S/C7H11NO2/c1-5-8-6-3-2-4-9-7(6)10-5/h6-7H,2-4H2,1H3. The molecule has 2 aliphatic rings. The van der Waals surface area contributed by atoms with Gasteiger partial charge in [0.25, 0.3) is 0 Å². The third kappa shape index (κ3) is 0.904. The van der Waals surface area contributed by atoms with Crippen molar-refractivity contribution in [2.45, 2.75) is 32.1 Å². The number of hydrogen-bond acceptors (Lipinski definition) is 3. The van der Waals surface area contributed by atoms with Crippen LogP contribution in [-0.4, -0.2) is 24.8 Å². The Morgan fingerprint density at radius 2 is 2.50 bits per heavy atom. The van der Waals surface area contributed by atoms with E-state index in [0.717, 1.165) is 25.3 Å². The van der Waals surface area contributed by atoms with Gasteiger partial charge in [-0.15, -0.1) is 0 Å². The first-order chi connectivity index (χ1) is 4.86. The Bertz CT molecular complexity index is 167. The van der Waals surface area contributed by atoms with Crippen molar-refractivity contribution >= 4 is 5.90 Å². The Labute approximate surface area is 60.0 Å². The van der Waals surface area contributed by atoms with Crippen molar-refractivity contribution in [3.05, 3.63) is 0 Å². The topological polar surface area (TPSA) is 30.8 Å². The quantitative estimate of drug-likeness (QED) is 0.502. The Hall–Kier alpha value is -0.570. The first kappa shape index (κ1) is 6.16. The van der Waals surface area contributed by atoms with Gasteiger partial charge >= 0.3 is 0 Å². The van der Waals surface area contributed by atoms with E-state index in [-0.39, 0.29) is 12.3 Å². The van der Waals surface area contributed by atoms with Gasteiger partial charge in [0.1, 0.15) is 6.04 Å². The molecular weight excluding hydrogens is 130 g/mol. The fourth-order valence-corrected chi connectivity index (χ4v) is 1.41. The summed E-state index contributed by atoms with van der Waals surface area (Å²) in [6, 6.07) is 0.286. The van der Waals surface area contributed by atoms with Crippen LogP contribution in [0.25, 0.3) is 0 Å². The van der Waals surface area contributed by atoms with Crippen LogP contribution in [0.4, 0.5) is 0 Å². The molecule has 10 heavy (non-hydrogen) atoms. The van der Waals surface area contributed by atoms with E-state index in [1.807, 2.05) is 6.92 Å². The maximum atomic E-state index is 5.34. The molecule has 0 aromatic rings. The molecule has 2 aliphatic heterocycles. The molecule has 2 atom stereocenters. The molecule has 0 bridgehead atoms. The van der Waals surface area contributed by atoms with E-state index in [1.165, 1.54) is 0 Å². The zero-order valence-electron chi connectivity index (χ0n) is 6.04. The van der Waals surface area contributed by atoms with Gasteiger partial charge in [-0.05, 0) is 12.8 Å². The van der Waals surface area contributed by atoms with E-state index >= 15 is 0 Å². The molecule has 0 aliphatic carbocycles. The van der Waals surface area contributed by atoms with Crippen LogP contribution in [0, 0.1) is 0 Å². The largest absolute Gasteiger partial charge is 0.450 e. The Morgan fingerprint density at radius 3 is 3.30 bits per heavy atom. The summed E-state index contributed by atoms with van der Waals surface area (Å²) in [6.07, 6.45) is 2.16. The Morgan fingerprint density at radius 1 is 1.60 bits per heavy atom. The maximum Gasteiger partial charge on any atom is 0.224 e. The average molecular weight is 141 g/mol.